The Morgan fingerprint density at radius 3 is 2.47 bits per heavy atom. The van der Waals surface area contributed by atoms with Crippen molar-refractivity contribution < 1.29 is 23.1 Å². The molecule has 4 fully saturated rings. The van der Waals surface area contributed by atoms with Crippen LogP contribution in [0.15, 0.2) is 55.4 Å². The molecule has 3 saturated heterocycles. The van der Waals surface area contributed by atoms with E-state index in [0.29, 0.717) is 47.3 Å². The van der Waals surface area contributed by atoms with Gasteiger partial charge in [-0.15, -0.1) is 0 Å². The Kier molecular flexibility index (Phi) is 9.66. The van der Waals surface area contributed by atoms with Crippen molar-refractivity contribution in [3.05, 3.63) is 72.6 Å². The molecule has 1 amide bonds. The zero-order valence-electron chi connectivity index (χ0n) is 28.1. The molecular formula is C36H44F2N8O3. The minimum atomic E-state index is -0.696. The summed E-state index contributed by atoms with van der Waals surface area (Å²) >= 11 is 0. The van der Waals surface area contributed by atoms with Gasteiger partial charge in [-0.05, 0) is 56.9 Å². The lowest BCUT2D eigenvalue weighted by Crippen LogP contribution is -2.57. The lowest BCUT2D eigenvalue weighted by molar-refractivity contribution is -0.111. The van der Waals surface area contributed by atoms with Gasteiger partial charge in [-0.25, -0.2) is 23.8 Å². The number of benzene rings is 2. The average Bonchev–Trinajstić information content (AvgIpc) is 3.84. The molecule has 11 nitrogen and oxygen atoms in total. The Morgan fingerprint density at radius 2 is 1.78 bits per heavy atom. The van der Waals surface area contributed by atoms with Gasteiger partial charge >= 0.3 is 0 Å². The van der Waals surface area contributed by atoms with Gasteiger partial charge in [0, 0.05) is 75.0 Å². The quantitative estimate of drug-likeness (QED) is 0.263. The molecule has 1 saturated carbocycles. The first-order valence-corrected chi connectivity index (χ1v) is 17.2. The minimum Gasteiger partial charge on any atom is -0.494 e. The molecule has 1 aromatic heterocycles. The predicted molar refractivity (Wildman–Crippen MR) is 185 cm³/mol. The summed E-state index contributed by atoms with van der Waals surface area (Å²) in [6.45, 7) is 11.4. The average molecular weight is 675 g/mol. The maximum absolute atomic E-state index is 14.7. The summed E-state index contributed by atoms with van der Waals surface area (Å²) in [5, 5.41) is 7.69. The first kappa shape index (κ1) is 33.2. The highest BCUT2D eigenvalue weighted by atomic mass is 19.1. The number of hydrogen-bond donors (Lipinski definition) is 2. The third kappa shape index (κ3) is 7.06. The maximum atomic E-state index is 14.7. The fourth-order valence-electron chi connectivity index (χ4n) is 7.59. The van der Waals surface area contributed by atoms with Crippen LogP contribution in [0, 0.1) is 11.6 Å². The second-order valence-electron chi connectivity index (χ2n) is 13.3. The Morgan fingerprint density at radius 1 is 1.00 bits per heavy atom. The third-order valence-electron chi connectivity index (χ3n) is 10.2. The van der Waals surface area contributed by atoms with E-state index < -0.39 is 17.7 Å². The number of ether oxygens (including phenoxy) is 1. The van der Waals surface area contributed by atoms with Gasteiger partial charge in [0.1, 0.15) is 29.5 Å². The topological polar surface area (TPSA) is 98.3 Å². The SMILES string of the molecule is C=CC(=O)Nc1cc(Nc2cc(N3OCCC3c3c(F)cccc3F)ncn2)c(OC)cc1N1CCC(N2CCN(C3CC3)C(C)C2)CC1. The molecule has 0 bridgehead atoms. The minimum absolute atomic E-state index is 0.0669. The van der Waals surface area contributed by atoms with Crippen LogP contribution < -0.4 is 25.3 Å². The Labute approximate surface area is 285 Å². The molecule has 2 N–H and O–H groups in total. The molecule has 13 heteroatoms. The molecule has 2 atom stereocenters. The highest BCUT2D eigenvalue weighted by Gasteiger charge is 2.38. The molecule has 2 aromatic carbocycles. The highest BCUT2D eigenvalue weighted by molar-refractivity contribution is 6.02. The number of nitrogens with one attached hydrogen (secondary N) is 2. The second-order valence-corrected chi connectivity index (χ2v) is 13.3. The lowest BCUT2D eigenvalue weighted by atomic mass is 9.99. The van der Waals surface area contributed by atoms with E-state index >= 15 is 0 Å². The molecule has 260 valence electrons. The van der Waals surface area contributed by atoms with Crippen molar-refractivity contribution in [2.45, 2.75) is 63.2 Å². The van der Waals surface area contributed by atoms with Crippen molar-refractivity contribution in [1.29, 1.82) is 0 Å². The lowest BCUT2D eigenvalue weighted by Gasteiger charge is -2.46. The van der Waals surface area contributed by atoms with Crippen LogP contribution in [0.25, 0.3) is 0 Å². The summed E-state index contributed by atoms with van der Waals surface area (Å²) in [7, 11) is 1.60. The molecule has 4 heterocycles. The van der Waals surface area contributed by atoms with Crippen LogP contribution in [0.5, 0.6) is 5.75 Å². The van der Waals surface area contributed by atoms with E-state index in [1.807, 2.05) is 12.1 Å². The number of hydrogen-bond acceptors (Lipinski definition) is 10. The number of piperidine rings is 1. The van der Waals surface area contributed by atoms with E-state index in [4.69, 9.17) is 9.57 Å². The highest BCUT2D eigenvalue weighted by Crippen LogP contribution is 2.41. The molecule has 0 spiro atoms. The van der Waals surface area contributed by atoms with E-state index in [1.54, 1.807) is 13.2 Å². The van der Waals surface area contributed by atoms with Crippen LogP contribution in [-0.2, 0) is 9.63 Å². The molecular weight excluding hydrogens is 630 g/mol. The fourth-order valence-corrected chi connectivity index (χ4v) is 7.59. The number of methoxy groups -OCH3 is 1. The molecule has 7 rings (SSSR count). The first-order chi connectivity index (χ1) is 23.8. The maximum Gasteiger partial charge on any atom is 0.247 e. The number of anilines is 5. The Bertz CT molecular complexity index is 1660. The van der Waals surface area contributed by atoms with E-state index in [-0.39, 0.29) is 18.1 Å². The predicted octanol–water partition coefficient (Wildman–Crippen LogP) is 5.65. The Balaban J connectivity index is 1.09. The third-order valence-corrected chi connectivity index (χ3v) is 10.2. The van der Waals surface area contributed by atoms with E-state index in [9.17, 15) is 13.6 Å². The van der Waals surface area contributed by atoms with Crippen molar-refractivity contribution in [3.8, 4) is 5.75 Å². The summed E-state index contributed by atoms with van der Waals surface area (Å²) < 4.78 is 35.2. The van der Waals surface area contributed by atoms with E-state index in [1.165, 1.54) is 48.5 Å². The normalized spacial score (nSPS) is 22.3. The van der Waals surface area contributed by atoms with Gasteiger partial charge in [0.15, 0.2) is 5.82 Å². The summed E-state index contributed by atoms with van der Waals surface area (Å²) in [6, 6.07) is 10.4. The van der Waals surface area contributed by atoms with Gasteiger partial charge in [-0.3, -0.25) is 19.4 Å². The van der Waals surface area contributed by atoms with Gasteiger partial charge in [0.2, 0.25) is 5.91 Å². The zero-order chi connectivity index (χ0) is 34.1. The number of nitrogens with zero attached hydrogens (tertiary/aromatic N) is 6. The van der Waals surface area contributed by atoms with Crippen molar-refractivity contribution in [2.24, 2.45) is 0 Å². The number of aromatic nitrogens is 2. The number of halogens is 2. The van der Waals surface area contributed by atoms with Crippen LogP contribution in [-0.4, -0.2) is 90.2 Å². The van der Waals surface area contributed by atoms with Crippen LogP contribution in [0.3, 0.4) is 0 Å². The zero-order valence-corrected chi connectivity index (χ0v) is 28.1. The van der Waals surface area contributed by atoms with Gasteiger partial charge in [-0.2, -0.15) is 0 Å². The molecule has 3 aliphatic heterocycles. The van der Waals surface area contributed by atoms with Gasteiger partial charge in [-0.1, -0.05) is 12.6 Å². The molecule has 1 aliphatic carbocycles. The van der Waals surface area contributed by atoms with Gasteiger partial charge in [0.25, 0.3) is 0 Å². The number of carbonyl (C=O) groups excluding carboxylic acids is 1. The Hall–Kier alpha value is -4.33. The van der Waals surface area contributed by atoms with Crippen LogP contribution >= 0.6 is 0 Å². The van der Waals surface area contributed by atoms with Gasteiger partial charge in [0.05, 0.1) is 36.8 Å². The van der Waals surface area contributed by atoms with E-state index in [0.717, 1.165) is 57.3 Å². The van der Waals surface area contributed by atoms with Crippen molar-refractivity contribution in [1.82, 2.24) is 19.8 Å². The smallest absolute Gasteiger partial charge is 0.247 e. The molecule has 2 unspecified atom stereocenters. The van der Waals surface area contributed by atoms with Crippen molar-refractivity contribution in [2.75, 3.05) is 67.0 Å². The standard InChI is InChI=1S/C36H44F2N8O3/c1-4-35(47)42-28-18-29(41-33-20-34(40-22-39-33)46-30(12-17-49-46)36-26(37)6-5-7-27(36)38)32(48-3)19-31(28)43-13-10-24(11-14-43)44-15-16-45(23(2)21-44)25-8-9-25/h4-7,18-20,22-25,30H,1,8-17,21H2,2-3H3,(H,42,47)(H,39,40,41). The molecule has 3 aromatic rings. The number of hydroxylamine groups is 1. The fraction of sp³-hybridized carbons (Fsp3) is 0.472. The molecule has 49 heavy (non-hydrogen) atoms. The molecule has 4 aliphatic rings. The number of piperazine rings is 1. The summed E-state index contributed by atoms with van der Waals surface area (Å²) in [6.07, 6.45) is 7.75. The number of rotatable bonds is 10. The summed E-state index contributed by atoms with van der Waals surface area (Å²) in [4.78, 5) is 34.8. The van der Waals surface area contributed by atoms with Crippen LogP contribution in [0.4, 0.5) is 37.5 Å². The number of amides is 1. The van der Waals surface area contributed by atoms with E-state index in [2.05, 4.69) is 48.8 Å². The van der Waals surface area contributed by atoms with Gasteiger partial charge < -0.3 is 20.3 Å². The summed E-state index contributed by atoms with van der Waals surface area (Å²) in [5.41, 5.74) is 1.98. The number of carbonyl (C=O) groups is 1. The summed E-state index contributed by atoms with van der Waals surface area (Å²) in [5.74, 6) is -0.309. The molecule has 0 radical (unpaired) electrons. The van der Waals surface area contributed by atoms with Crippen molar-refractivity contribution >= 4 is 34.6 Å². The van der Waals surface area contributed by atoms with Crippen LogP contribution in [0.2, 0.25) is 0 Å². The first-order valence-electron chi connectivity index (χ1n) is 17.2. The van der Waals surface area contributed by atoms with Crippen LogP contribution in [0.1, 0.15) is 50.6 Å². The van der Waals surface area contributed by atoms with Crippen molar-refractivity contribution in [3.63, 3.8) is 0 Å². The monoisotopic (exact) mass is 674 g/mol. The second kappa shape index (κ2) is 14.3. The largest absolute Gasteiger partial charge is 0.494 e.